The van der Waals surface area contributed by atoms with Crippen LogP contribution in [0.5, 0.6) is 0 Å². The van der Waals surface area contributed by atoms with Gasteiger partial charge in [0.25, 0.3) is 10.0 Å². The van der Waals surface area contributed by atoms with Crippen molar-refractivity contribution in [3.05, 3.63) is 28.1 Å². The van der Waals surface area contributed by atoms with Gasteiger partial charge in [-0.2, -0.15) is 4.31 Å². The summed E-state index contributed by atoms with van der Waals surface area (Å²) in [6.07, 6.45) is 2.21. The van der Waals surface area contributed by atoms with Crippen LogP contribution in [-0.2, 0) is 32.5 Å². The van der Waals surface area contributed by atoms with Gasteiger partial charge >= 0.3 is 6.09 Å². The van der Waals surface area contributed by atoms with E-state index in [2.05, 4.69) is 10.3 Å². The number of nitrogens with one attached hydrogen (secondary N) is 1. The molecule has 0 spiro atoms. The molecule has 0 aliphatic carbocycles. The number of piperidine rings is 1. The fraction of sp³-hybridized carbons (Fsp3) is 0.526. The highest BCUT2D eigenvalue weighted by molar-refractivity contribution is 7.91. The van der Waals surface area contributed by atoms with Crippen molar-refractivity contribution < 1.29 is 22.7 Å². The molecule has 1 atom stereocenters. The lowest BCUT2D eigenvalue weighted by molar-refractivity contribution is -0.120. The van der Waals surface area contributed by atoms with Crippen molar-refractivity contribution in [2.75, 3.05) is 25.0 Å². The minimum atomic E-state index is -3.71. The van der Waals surface area contributed by atoms with Crippen LogP contribution in [0.25, 0.3) is 0 Å². The fourth-order valence-electron chi connectivity index (χ4n) is 3.79. The first kappa shape index (κ1) is 22.2. The number of hydrogen-bond acceptors (Lipinski definition) is 8. The maximum absolute atomic E-state index is 13.0. The van der Waals surface area contributed by atoms with Gasteiger partial charge in [-0.1, -0.05) is 23.8 Å². The Morgan fingerprint density at radius 2 is 2.16 bits per heavy atom. The molecule has 2 aromatic heterocycles. The molecule has 4 rings (SSSR count). The zero-order chi connectivity index (χ0) is 22.0. The first-order chi connectivity index (χ1) is 14.9. The summed E-state index contributed by atoms with van der Waals surface area (Å²) >= 11 is 2.47. The van der Waals surface area contributed by atoms with Gasteiger partial charge in [-0.3, -0.25) is 4.79 Å². The van der Waals surface area contributed by atoms with Crippen molar-refractivity contribution in [1.82, 2.24) is 14.2 Å². The Bertz CT molecular complexity index is 1050. The summed E-state index contributed by atoms with van der Waals surface area (Å²) < 4.78 is 32.7. The molecule has 0 radical (unpaired) electrons. The summed E-state index contributed by atoms with van der Waals surface area (Å²) in [4.78, 5) is 32.0. The van der Waals surface area contributed by atoms with Gasteiger partial charge in [0.05, 0.1) is 18.8 Å². The third-order valence-electron chi connectivity index (χ3n) is 5.30. The molecule has 0 bridgehead atoms. The number of anilines is 1. The molecule has 4 heterocycles. The highest BCUT2D eigenvalue weighted by Crippen LogP contribution is 2.31. The van der Waals surface area contributed by atoms with Crippen LogP contribution in [-0.4, -0.2) is 60.3 Å². The second kappa shape index (κ2) is 9.23. The second-order valence-corrected chi connectivity index (χ2v) is 11.5. The molecule has 1 fully saturated rings. The minimum Gasteiger partial charge on any atom is -0.450 e. The zero-order valence-electron chi connectivity index (χ0n) is 17.1. The summed E-state index contributed by atoms with van der Waals surface area (Å²) in [6, 6.07) is 2.49. The van der Waals surface area contributed by atoms with Gasteiger partial charge in [-0.05, 0) is 31.2 Å². The summed E-state index contributed by atoms with van der Waals surface area (Å²) in [5.74, 6) is -0.367. The van der Waals surface area contributed by atoms with E-state index >= 15 is 0 Å². The van der Waals surface area contributed by atoms with Gasteiger partial charge in [0.15, 0.2) is 5.13 Å². The summed E-state index contributed by atoms with van der Waals surface area (Å²) in [5.41, 5.74) is 0.854. The fourth-order valence-corrected chi connectivity index (χ4v) is 7.59. The van der Waals surface area contributed by atoms with E-state index in [1.807, 2.05) is 0 Å². The third-order valence-corrected chi connectivity index (χ3v) is 9.58. The van der Waals surface area contributed by atoms with Gasteiger partial charge in [-0.25, -0.2) is 18.2 Å². The van der Waals surface area contributed by atoms with Gasteiger partial charge < -0.3 is 15.0 Å². The van der Waals surface area contributed by atoms with Crippen LogP contribution >= 0.6 is 22.7 Å². The lowest BCUT2D eigenvalue weighted by Crippen LogP contribution is -2.49. The summed E-state index contributed by atoms with van der Waals surface area (Å²) in [5, 5.41) is 4.96. The Labute approximate surface area is 189 Å². The molecule has 12 heteroatoms. The Balaban J connectivity index is 1.47. The molecule has 2 aliphatic heterocycles. The average molecular weight is 485 g/mol. The Hall–Kier alpha value is -2.02. The topological polar surface area (TPSA) is 109 Å². The number of carbonyl (C=O) groups is 2. The van der Waals surface area contributed by atoms with E-state index in [1.54, 1.807) is 29.3 Å². The molecule has 1 N–H and O–H groups in total. The largest absolute Gasteiger partial charge is 0.450 e. The van der Waals surface area contributed by atoms with E-state index < -0.39 is 16.1 Å². The van der Waals surface area contributed by atoms with Crippen LogP contribution in [0, 0.1) is 0 Å². The van der Waals surface area contributed by atoms with Crippen LogP contribution in [0.1, 0.15) is 36.8 Å². The van der Waals surface area contributed by atoms with Crippen LogP contribution in [0.4, 0.5) is 9.93 Å². The molecule has 0 aromatic carbocycles. The highest BCUT2D eigenvalue weighted by Gasteiger charge is 2.38. The molecule has 2 aromatic rings. The summed E-state index contributed by atoms with van der Waals surface area (Å²) in [6.45, 7) is 3.31. The third kappa shape index (κ3) is 4.61. The number of sulfonamides is 1. The maximum atomic E-state index is 13.0. The molecule has 2 aliphatic rings. The van der Waals surface area contributed by atoms with Crippen LogP contribution in [0.15, 0.2) is 21.7 Å². The SMILES string of the molecule is CCOC(=O)N1CCc2nc(NC(=O)C3CCCCN3S(=O)(=O)c3cccs3)sc2C1. The number of fused-ring (bicyclic) bond motifs is 1. The molecular formula is C19H24N4O5S3. The maximum Gasteiger partial charge on any atom is 0.410 e. The smallest absolute Gasteiger partial charge is 0.410 e. The van der Waals surface area contributed by atoms with Gasteiger partial charge in [0.2, 0.25) is 5.91 Å². The van der Waals surface area contributed by atoms with Crippen molar-refractivity contribution >= 4 is 49.8 Å². The average Bonchev–Trinajstić information content (AvgIpc) is 3.43. The molecule has 9 nitrogen and oxygen atoms in total. The molecule has 1 saturated heterocycles. The van der Waals surface area contributed by atoms with E-state index in [4.69, 9.17) is 4.74 Å². The Kier molecular flexibility index (Phi) is 6.60. The zero-order valence-corrected chi connectivity index (χ0v) is 19.5. The van der Waals surface area contributed by atoms with Crippen LogP contribution in [0.3, 0.4) is 0 Å². The Morgan fingerprint density at radius 1 is 1.32 bits per heavy atom. The van der Waals surface area contributed by atoms with E-state index in [9.17, 15) is 18.0 Å². The van der Waals surface area contributed by atoms with Crippen molar-refractivity contribution in [3.8, 4) is 0 Å². The Morgan fingerprint density at radius 3 is 2.90 bits per heavy atom. The molecule has 2 amide bonds. The quantitative estimate of drug-likeness (QED) is 0.699. The first-order valence-corrected chi connectivity index (χ1v) is 13.3. The normalized spacial score (nSPS) is 19.6. The standard InChI is InChI=1S/C19H24N4O5S3/c1-2-28-19(25)22-10-8-13-15(12-22)30-18(20-13)21-17(24)14-6-3-4-9-23(14)31(26,27)16-7-5-11-29-16/h5,7,11,14H,2-4,6,8-10,12H2,1H3,(H,20,21,24). The molecule has 0 saturated carbocycles. The number of nitrogens with zero attached hydrogens (tertiary/aromatic N) is 3. The van der Waals surface area contributed by atoms with Crippen molar-refractivity contribution in [2.24, 2.45) is 0 Å². The van der Waals surface area contributed by atoms with Gasteiger partial charge in [0, 0.05) is 24.4 Å². The molecule has 31 heavy (non-hydrogen) atoms. The molecule has 1 unspecified atom stereocenters. The number of carbonyl (C=O) groups excluding carboxylic acids is 2. The van der Waals surface area contributed by atoms with Gasteiger partial charge in [0.1, 0.15) is 10.3 Å². The number of thiazole rings is 1. The predicted molar refractivity (Wildman–Crippen MR) is 118 cm³/mol. The second-order valence-electron chi connectivity index (χ2n) is 7.31. The van der Waals surface area contributed by atoms with E-state index in [1.165, 1.54) is 15.6 Å². The van der Waals surface area contributed by atoms with Crippen LogP contribution in [0.2, 0.25) is 0 Å². The number of hydrogen-bond donors (Lipinski definition) is 1. The number of rotatable bonds is 5. The van der Waals surface area contributed by atoms with Crippen molar-refractivity contribution in [3.63, 3.8) is 0 Å². The van der Waals surface area contributed by atoms with Gasteiger partial charge in [-0.15, -0.1) is 11.3 Å². The first-order valence-electron chi connectivity index (χ1n) is 10.2. The van der Waals surface area contributed by atoms with Crippen molar-refractivity contribution in [1.29, 1.82) is 0 Å². The minimum absolute atomic E-state index is 0.246. The van der Waals surface area contributed by atoms with E-state index in [0.29, 0.717) is 44.2 Å². The van der Waals surface area contributed by atoms with E-state index in [0.717, 1.165) is 34.7 Å². The van der Waals surface area contributed by atoms with Crippen LogP contribution < -0.4 is 5.32 Å². The lowest BCUT2D eigenvalue weighted by atomic mass is 10.0. The number of ether oxygens (including phenoxy) is 1. The molecular weight excluding hydrogens is 460 g/mol. The number of thiophene rings is 1. The number of amides is 2. The van der Waals surface area contributed by atoms with E-state index in [-0.39, 0.29) is 16.2 Å². The lowest BCUT2D eigenvalue weighted by Gasteiger charge is -2.32. The van der Waals surface area contributed by atoms with Crippen molar-refractivity contribution in [2.45, 2.75) is 49.4 Å². The summed E-state index contributed by atoms with van der Waals surface area (Å²) in [7, 11) is -3.71. The molecule has 168 valence electrons. The number of aromatic nitrogens is 1. The highest BCUT2D eigenvalue weighted by atomic mass is 32.2. The predicted octanol–water partition coefficient (Wildman–Crippen LogP) is 2.90. The monoisotopic (exact) mass is 484 g/mol.